The number of carbonyl (C=O) groups excluding carboxylic acids is 1. The van der Waals surface area contributed by atoms with E-state index in [9.17, 15) is 4.79 Å². The molecule has 3 saturated carbocycles. The van der Waals surface area contributed by atoms with Gasteiger partial charge < -0.3 is 9.47 Å². The van der Waals surface area contributed by atoms with Crippen LogP contribution < -0.4 is 0 Å². The maximum absolute atomic E-state index is 12.4. The minimum Gasteiger partial charge on any atom is -0.460 e. The summed E-state index contributed by atoms with van der Waals surface area (Å²) in [5, 5.41) is 0. The molecule has 2 aliphatic heterocycles. The molecule has 2 heterocycles. The van der Waals surface area contributed by atoms with Crippen molar-refractivity contribution in [2.24, 2.45) is 53.3 Å². The van der Waals surface area contributed by atoms with Crippen LogP contribution in [0.15, 0.2) is 12.2 Å². The van der Waals surface area contributed by atoms with Gasteiger partial charge in [-0.2, -0.15) is 0 Å². The summed E-state index contributed by atoms with van der Waals surface area (Å²) in [5.74, 6) is 6.82. The van der Waals surface area contributed by atoms with Crippen LogP contribution in [0.1, 0.15) is 46.5 Å². The van der Waals surface area contributed by atoms with Crippen molar-refractivity contribution in [3.05, 3.63) is 12.2 Å². The number of rotatable bonds is 2. The summed E-state index contributed by atoms with van der Waals surface area (Å²) < 4.78 is 12.3. The first-order valence-electron chi connectivity index (χ1n) is 10.5. The molecule has 0 aromatic heterocycles. The molecule has 11 atom stereocenters. The number of ether oxygens (including phenoxy) is 2. The fourth-order valence-electron chi connectivity index (χ4n) is 8.25. The maximum atomic E-state index is 12.4. The molecule has 0 radical (unpaired) electrons. The Morgan fingerprint density at radius 3 is 2.36 bits per heavy atom. The van der Waals surface area contributed by atoms with Crippen molar-refractivity contribution in [1.29, 1.82) is 0 Å². The number of carbonyl (C=O) groups is 1. The van der Waals surface area contributed by atoms with E-state index in [1.54, 1.807) is 0 Å². The minimum atomic E-state index is -0.366. The van der Waals surface area contributed by atoms with Crippen molar-refractivity contribution < 1.29 is 14.3 Å². The topological polar surface area (TPSA) is 35.5 Å². The number of hydrogen-bond donors (Lipinski definition) is 0. The van der Waals surface area contributed by atoms with Gasteiger partial charge in [0.25, 0.3) is 0 Å². The van der Waals surface area contributed by atoms with Crippen LogP contribution in [0.3, 0.4) is 0 Å². The van der Waals surface area contributed by atoms with Crippen LogP contribution in [0, 0.1) is 53.3 Å². The number of allylic oxidation sites excluding steroid dienone is 2. The summed E-state index contributed by atoms with van der Waals surface area (Å²) in [6.45, 7) is 5.90. The van der Waals surface area contributed by atoms with Gasteiger partial charge in [0.1, 0.15) is 5.60 Å². The van der Waals surface area contributed by atoms with Gasteiger partial charge in [0.15, 0.2) is 0 Å². The zero-order chi connectivity index (χ0) is 17.1. The molecule has 0 aromatic rings. The van der Waals surface area contributed by atoms with Crippen LogP contribution in [0.4, 0.5) is 0 Å². The third kappa shape index (κ3) is 1.94. The van der Waals surface area contributed by atoms with Crippen LogP contribution in [0.5, 0.6) is 0 Å². The molecule has 4 aliphatic carbocycles. The Bertz CT molecular complexity index is 646. The summed E-state index contributed by atoms with van der Waals surface area (Å²) in [4.78, 5) is 12.4. The first-order chi connectivity index (χ1) is 11.9. The molecule has 0 aromatic carbocycles. The van der Waals surface area contributed by atoms with Crippen molar-refractivity contribution in [3.8, 4) is 0 Å². The normalized spacial score (nSPS) is 56.5. The molecule has 0 spiro atoms. The molecular formula is C22H30O3. The van der Waals surface area contributed by atoms with E-state index in [4.69, 9.17) is 9.47 Å². The molecule has 0 N–H and O–H groups in total. The molecule has 3 heteroatoms. The largest absolute Gasteiger partial charge is 0.460 e. The van der Waals surface area contributed by atoms with Gasteiger partial charge in [0.05, 0.1) is 12.2 Å². The van der Waals surface area contributed by atoms with Gasteiger partial charge in [-0.05, 0) is 93.3 Å². The van der Waals surface area contributed by atoms with E-state index >= 15 is 0 Å². The summed E-state index contributed by atoms with van der Waals surface area (Å²) in [5.41, 5.74) is -0.366. The van der Waals surface area contributed by atoms with Crippen molar-refractivity contribution in [2.45, 2.75) is 64.3 Å². The Hall–Kier alpha value is -0.830. The highest BCUT2D eigenvalue weighted by molar-refractivity contribution is 5.70. The van der Waals surface area contributed by atoms with E-state index < -0.39 is 0 Å². The summed E-state index contributed by atoms with van der Waals surface area (Å²) in [6.07, 6.45) is 10.6. The molecular weight excluding hydrogens is 312 g/mol. The number of hydrogen-bond acceptors (Lipinski definition) is 3. The van der Waals surface area contributed by atoms with Crippen molar-refractivity contribution in [1.82, 2.24) is 0 Å². The Labute approximate surface area is 150 Å². The predicted octanol–water partition coefficient (Wildman–Crippen LogP) is 3.83. The molecule has 3 nitrogen and oxygen atoms in total. The van der Waals surface area contributed by atoms with Gasteiger partial charge in [0.2, 0.25) is 0 Å². The molecule has 0 amide bonds. The van der Waals surface area contributed by atoms with Crippen LogP contribution in [-0.2, 0) is 14.3 Å². The highest BCUT2D eigenvalue weighted by Crippen LogP contribution is 2.71. The van der Waals surface area contributed by atoms with Gasteiger partial charge in [-0.15, -0.1) is 0 Å². The Morgan fingerprint density at radius 1 is 1.00 bits per heavy atom. The van der Waals surface area contributed by atoms with Crippen LogP contribution in [0.2, 0.25) is 0 Å². The zero-order valence-electron chi connectivity index (χ0n) is 15.6. The van der Waals surface area contributed by atoms with Crippen molar-refractivity contribution >= 4 is 5.97 Å². The Kier molecular flexibility index (Phi) is 2.87. The lowest BCUT2D eigenvalue weighted by molar-refractivity contribution is -0.156. The Morgan fingerprint density at radius 2 is 1.68 bits per heavy atom. The van der Waals surface area contributed by atoms with Crippen LogP contribution in [-0.4, -0.2) is 23.8 Å². The SMILES string of the molecule is CC(C)(C)OC(=O)CC1CC2CC1C1C3OC(C4C5C=CC(C5)C34)C21. The standard InChI is InChI=1S/C22H30O3/c1-22(2,3)25-15(23)9-12-7-13-8-14(12)19-18(13)20-16-10-4-5-11(6-10)17(16)21(19)24-20/h4-5,10-14,16-21H,6-9H2,1-3H3. The second kappa shape index (κ2) is 4.71. The summed E-state index contributed by atoms with van der Waals surface area (Å²) in [7, 11) is 0. The first-order valence-corrected chi connectivity index (χ1v) is 10.5. The van der Waals surface area contributed by atoms with E-state index in [0.717, 1.165) is 41.4 Å². The van der Waals surface area contributed by atoms with E-state index in [2.05, 4.69) is 12.2 Å². The lowest BCUT2D eigenvalue weighted by Crippen LogP contribution is -2.46. The quantitative estimate of drug-likeness (QED) is 0.565. The van der Waals surface area contributed by atoms with Crippen molar-refractivity contribution in [2.75, 3.05) is 0 Å². The number of esters is 1. The van der Waals surface area contributed by atoms with Gasteiger partial charge in [-0.3, -0.25) is 4.79 Å². The van der Waals surface area contributed by atoms with Crippen LogP contribution in [0.25, 0.3) is 0 Å². The highest BCUT2D eigenvalue weighted by Gasteiger charge is 2.72. The molecule has 5 fully saturated rings. The Balaban J connectivity index is 1.21. The monoisotopic (exact) mass is 342 g/mol. The molecule has 6 rings (SSSR count). The third-order valence-electron chi connectivity index (χ3n) is 8.53. The van der Waals surface area contributed by atoms with Gasteiger partial charge in [-0.1, -0.05) is 12.2 Å². The van der Waals surface area contributed by atoms with Gasteiger partial charge in [-0.25, -0.2) is 0 Å². The van der Waals surface area contributed by atoms with Crippen LogP contribution >= 0.6 is 0 Å². The van der Waals surface area contributed by atoms with Gasteiger partial charge >= 0.3 is 5.97 Å². The van der Waals surface area contributed by atoms with E-state index in [0.29, 0.717) is 30.5 Å². The molecule has 25 heavy (non-hydrogen) atoms. The van der Waals surface area contributed by atoms with E-state index in [1.807, 2.05) is 20.8 Å². The first kappa shape index (κ1) is 15.2. The summed E-state index contributed by atoms with van der Waals surface area (Å²) >= 11 is 0. The third-order valence-corrected chi connectivity index (χ3v) is 8.53. The lowest BCUT2D eigenvalue weighted by atomic mass is 9.59. The fraction of sp³-hybridized carbons (Fsp3) is 0.864. The molecule has 2 saturated heterocycles. The van der Waals surface area contributed by atoms with E-state index in [1.165, 1.54) is 19.3 Å². The molecule has 136 valence electrons. The number of fused-ring (bicyclic) bond motifs is 16. The lowest BCUT2D eigenvalue weighted by Gasteiger charge is -2.43. The molecule has 6 aliphatic rings. The van der Waals surface area contributed by atoms with E-state index in [-0.39, 0.29) is 11.6 Å². The average Bonchev–Trinajstić information content (AvgIpc) is 3.29. The zero-order valence-corrected chi connectivity index (χ0v) is 15.6. The second-order valence-electron chi connectivity index (χ2n) is 10.8. The summed E-state index contributed by atoms with van der Waals surface area (Å²) in [6, 6.07) is 0. The predicted molar refractivity (Wildman–Crippen MR) is 93.5 cm³/mol. The molecule has 6 bridgehead atoms. The minimum absolute atomic E-state index is 0.00593. The highest BCUT2D eigenvalue weighted by atomic mass is 16.6. The van der Waals surface area contributed by atoms with Crippen molar-refractivity contribution in [3.63, 3.8) is 0 Å². The second-order valence-corrected chi connectivity index (χ2v) is 10.8. The fourth-order valence-corrected chi connectivity index (χ4v) is 8.25. The molecule has 11 unspecified atom stereocenters. The smallest absolute Gasteiger partial charge is 0.306 e. The maximum Gasteiger partial charge on any atom is 0.306 e. The average molecular weight is 342 g/mol. The van der Waals surface area contributed by atoms with Gasteiger partial charge in [0, 0.05) is 6.42 Å².